The van der Waals surface area contributed by atoms with Gasteiger partial charge in [0.05, 0.1) is 12.5 Å². The number of anilines is 1. The van der Waals surface area contributed by atoms with Crippen molar-refractivity contribution in [1.82, 2.24) is 4.90 Å². The van der Waals surface area contributed by atoms with Crippen LogP contribution in [0.25, 0.3) is 0 Å². The Morgan fingerprint density at radius 1 is 1.53 bits per heavy atom. The summed E-state index contributed by atoms with van der Waals surface area (Å²) in [6.45, 7) is 2.31. The first-order chi connectivity index (χ1) is 8.97. The Bertz CT molecular complexity index is 511. The summed E-state index contributed by atoms with van der Waals surface area (Å²) in [6.07, 6.45) is 1.20. The first kappa shape index (κ1) is 13.5. The molecule has 0 aromatic heterocycles. The highest BCUT2D eigenvalue weighted by molar-refractivity contribution is 5.99. The summed E-state index contributed by atoms with van der Waals surface area (Å²) in [5.41, 5.74) is 8.61. The van der Waals surface area contributed by atoms with E-state index in [4.69, 9.17) is 5.73 Å². The van der Waals surface area contributed by atoms with Crippen LogP contribution in [0, 0.1) is 0 Å². The lowest BCUT2D eigenvalue weighted by Gasteiger charge is -2.19. The van der Waals surface area contributed by atoms with Crippen LogP contribution in [0.1, 0.15) is 18.1 Å². The first-order valence-electron chi connectivity index (χ1n) is 6.39. The zero-order valence-corrected chi connectivity index (χ0v) is 11.3. The lowest BCUT2D eigenvalue weighted by Crippen LogP contribution is -2.40. The molecule has 0 bridgehead atoms. The van der Waals surface area contributed by atoms with Crippen molar-refractivity contribution >= 4 is 17.5 Å². The van der Waals surface area contributed by atoms with Gasteiger partial charge in [0.2, 0.25) is 11.8 Å². The van der Waals surface area contributed by atoms with E-state index in [9.17, 15) is 9.59 Å². The number of rotatable bonds is 4. The topological polar surface area (TPSA) is 75.4 Å². The summed E-state index contributed by atoms with van der Waals surface area (Å²) in [5, 5.41) is 2.80. The van der Waals surface area contributed by atoms with E-state index in [-0.39, 0.29) is 11.8 Å². The molecule has 1 aliphatic heterocycles. The second-order valence-electron chi connectivity index (χ2n) is 5.01. The number of amides is 2. The summed E-state index contributed by atoms with van der Waals surface area (Å²) in [6, 6.07) is 5.46. The minimum atomic E-state index is -0.466. The molecule has 1 unspecified atom stereocenters. The molecule has 19 heavy (non-hydrogen) atoms. The zero-order valence-electron chi connectivity index (χ0n) is 11.3. The lowest BCUT2D eigenvalue weighted by atomic mass is 10.1. The molecule has 1 atom stereocenters. The maximum Gasteiger partial charge on any atom is 0.238 e. The molecule has 0 spiro atoms. The highest BCUT2D eigenvalue weighted by Crippen LogP contribution is 2.24. The molecule has 0 radical (unpaired) electrons. The maximum absolute atomic E-state index is 11.6. The Hall–Kier alpha value is -1.88. The minimum Gasteiger partial charge on any atom is -0.344 e. The number of hydrogen-bond acceptors (Lipinski definition) is 3. The normalized spacial score (nSPS) is 14.8. The van der Waals surface area contributed by atoms with Gasteiger partial charge in [0.1, 0.15) is 0 Å². The molecular weight excluding hydrogens is 242 g/mol. The van der Waals surface area contributed by atoms with Crippen molar-refractivity contribution in [2.24, 2.45) is 5.73 Å². The molecular formula is C14H19N3O2. The number of hydrogen-bond donors (Lipinski definition) is 2. The molecule has 2 rings (SSSR count). The summed E-state index contributed by atoms with van der Waals surface area (Å²) in [5.74, 6) is -0.0191. The van der Waals surface area contributed by atoms with Crippen molar-refractivity contribution in [2.75, 3.05) is 18.9 Å². The number of nitrogens with one attached hydrogen (secondary N) is 1. The Morgan fingerprint density at radius 3 is 2.95 bits per heavy atom. The number of nitrogens with two attached hydrogens (primary N) is 1. The molecule has 0 aliphatic carbocycles. The highest BCUT2D eigenvalue weighted by Gasteiger charge is 2.18. The Labute approximate surface area is 112 Å². The average Bonchev–Trinajstić information content (AvgIpc) is 2.74. The molecule has 5 heteroatoms. The fourth-order valence-corrected chi connectivity index (χ4v) is 2.19. The molecule has 1 aliphatic rings. The third-order valence-corrected chi connectivity index (χ3v) is 3.30. The van der Waals surface area contributed by atoms with E-state index in [0.717, 1.165) is 23.2 Å². The van der Waals surface area contributed by atoms with Gasteiger partial charge in [-0.25, -0.2) is 0 Å². The van der Waals surface area contributed by atoms with E-state index in [0.29, 0.717) is 13.0 Å². The van der Waals surface area contributed by atoms with Gasteiger partial charge < -0.3 is 16.0 Å². The highest BCUT2D eigenvalue weighted by atomic mass is 16.2. The van der Waals surface area contributed by atoms with Gasteiger partial charge in [0, 0.05) is 19.3 Å². The fraction of sp³-hybridized carbons (Fsp3) is 0.429. The minimum absolute atomic E-state index is 0.0383. The largest absolute Gasteiger partial charge is 0.344 e. The molecule has 0 fully saturated rings. The molecule has 1 heterocycles. The van der Waals surface area contributed by atoms with E-state index in [2.05, 4.69) is 5.32 Å². The monoisotopic (exact) mass is 261 g/mol. The van der Waals surface area contributed by atoms with E-state index in [1.165, 1.54) is 0 Å². The van der Waals surface area contributed by atoms with Crippen LogP contribution >= 0.6 is 0 Å². The molecule has 0 saturated carbocycles. The number of nitrogens with zero attached hydrogens (tertiary/aromatic N) is 1. The van der Waals surface area contributed by atoms with Gasteiger partial charge in [0.25, 0.3) is 0 Å². The van der Waals surface area contributed by atoms with Gasteiger partial charge in [0.15, 0.2) is 0 Å². The van der Waals surface area contributed by atoms with Gasteiger partial charge in [-0.15, -0.1) is 0 Å². The number of fused-ring (bicyclic) bond motifs is 1. The van der Waals surface area contributed by atoms with Crippen molar-refractivity contribution in [3.63, 3.8) is 0 Å². The van der Waals surface area contributed by atoms with Gasteiger partial charge in [-0.3, -0.25) is 9.59 Å². The van der Waals surface area contributed by atoms with Crippen molar-refractivity contribution in [3.8, 4) is 0 Å². The molecule has 0 saturated heterocycles. The predicted molar refractivity (Wildman–Crippen MR) is 73.8 cm³/mol. The van der Waals surface area contributed by atoms with E-state index < -0.39 is 6.04 Å². The summed E-state index contributed by atoms with van der Waals surface area (Å²) in [4.78, 5) is 24.5. The van der Waals surface area contributed by atoms with Crippen LogP contribution in [0.3, 0.4) is 0 Å². The van der Waals surface area contributed by atoms with Crippen LogP contribution in [-0.4, -0.2) is 36.3 Å². The summed E-state index contributed by atoms with van der Waals surface area (Å²) >= 11 is 0. The van der Waals surface area contributed by atoms with Crippen molar-refractivity contribution < 1.29 is 9.59 Å². The van der Waals surface area contributed by atoms with Gasteiger partial charge in [-0.2, -0.15) is 0 Å². The Morgan fingerprint density at radius 2 is 2.26 bits per heavy atom. The summed E-state index contributed by atoms with van der Waals surface area (Å²) < 4.78 is 0. The zero-order chi connectivity index (χ0) is 14.0. The Balaban J connectivity index is 1.96. The smallest absolute Gasteiger partial charge is 0.238 e. The van der Waals surface area contributed by atoms with Crippen LogP contribution in [0.4, 0.5) is 5.69 Å². The van der Waals surface area contributed by atoms with Crippen molar-refractivity contribution in [1.29, 1.82) is 0 Å². The summed E-state index contributed by atoms with van der Waals surface area (Å²) in [7, 11) is 1.75. The molecule has 1 aromatic carbocycles. The van der Waals surface area contributed by atoms with E-state index in [1.54, 1.807) is 18.9 Å². The van der Waals surface area contributed by atoms with Crippen LogP contribution in [0.2, 0.25) is 0 Å². The second-order valence-corrected chi connectivity index (χ2v) is 5.01. The molecule has 2 amide bonds. The van der Waals surface area contributed by atoms with E-state index in [1.807, 2.05) is 18.2 Å². The van der Waals surface area contributed by atoms with Crippen LogP contribution in [-0.2, 0) is 22.4 Å². The first-order valence-corrected chi connectivity index (χ1v) is 6.39. The van der Waals surface area contributed by atoms with Gasteiger partial charge >= 0.3 is 0 Å². The number of likely N-dealkylation sites (N-methyl/N-ethyl adjacent to an activating group) is 1. The van der Waals surface area contributed by atoms with Crippen LogP contribution in [0.5, 0.6) is 0 Å². The van der Waals surface area contributed by atoms with Gasteiger partial charge in [-0.1, -0.05) is 12.1 Å². The van der Waals surface area contributed by atoms with Crippen molar-refractivity contribution in [3.05, 3.63) is 29.3 Å². The average molecular weight is 261 g/mol. The number of carbonyl (C=O) groups is 2. The quantitative estimate of drug-likeness (QED) is 0.830. The molecule has 5 nitrogen and oxygen atoms in total. The number of carbonyl (C=O) groups excluding carboxylic acids is 2. The SMILES string of the molecule is CC(N)C(=O)N(C)CCc1ccc2c(c1)CC(=O)N2. The third kappa shape index (κ3) is 3.12. The standard InChI is InChI=1S/C14H19N3O2/c1-9(15)14(19)17(2)6-5-10-3-4-12-11(7-10)8-13(18)16-12/h3-4,7,9H,5-6,8,15H2,1-2H3,(H,16,18). The second kappa shape index (κ2) is 5.40. The molecule has 1 aromatic rings. The molecule has 3 N–H and O–H groups in total. The lowest BCUT2D eigenvalue weighted by molar-refractivity contribution is -0.130. The molecule has 102 valence electrons. The third-order valence-electron chi connectivity index (χ3n) is 3.30. The van der Waals surface area contributed by atoms with Crippen molar-refractivity contribution in [2.45, 2.75) is 25.8 Å². The van der Waals surface area contributed by atoms with Crippen LogP contribution in [0.15, 0.2) is 18.2 Å². The van der Waals surface area contributed by atoms with Crippen LogP contribution < -0.4 is 11.1 Å². The number of benzene rings is 1. The fourth-order valence-electron chi connectivity index (χ4n) is 2.19. The maximum atomic E-state index is 11.6. The van der Waals surface area contributed by atoms with Gasteiger partial charge in [-0.05, 0) is 30.5 Å². The Kier molecular flexibility index (Phi) is 3.85. The van der Waals surface area contributed by atoms with E-state index >= 15 is 0 Å². The predicted octanol–water partition coefficient (Wildman–Crippen LogP) is 0.529.